The number of hydrogen-bond donors (Lipinski definition) is 1. The number of rotatable bonds is 4. The number of aromatic nitrogens is 2. The molecule has 0 spiro atoms. The van der Waals surface area contributed by atoms with Crippen molar-refractivity contribution in [3.8, 4) is 5.69 Å². The Hall–Kier alpha value is -4.31. The van der Waals surface area contributed by atoms with Gasteiger partial charge in [0.1, 0.15) is 5.57 Å². The fourth-order valence-corrected chi connectivity index (χ4v) is 3.69. The summed E-state index contributed by atoms with van der Waals surface area (Å²) in [5, 5.41) is 18.0. The van der Waals surface area contributed by atoms with E-state index in [0.717, 1.165) is 4.90 Å². The SMILES string of the molecule is Cc1nn(-c2cccc([N+](=O)[O-])c2)c(C)c1/C=C1/C(=O)NC(=O)N(c2cccc(Cl)c2)C1=O. The number of nitro groups is 1. The summed E-state index contributed by atoms with van der Waals surface area (Å²) >= 11 is 5.98. The van der Waals surface area contributed by atoms with Gasteiger partial charge >= 0.3 is 6.03 Å². The Labute approximate surface area is 192 Å². The summed E-state index contributed by atoms with van der Waals surface area (Å²) in [4.78, 5) is 49.4. The zero-order chi connectivity index (χ0) is 23.9. The molecule has 3 aromatic rings. The number of nitrogens with zero attached hydrogens (tertiary/aromatic N) is 4. The summed E-state index contributed by atoms with van der Waals surface area (Å²) in [6.07, 6.45) is 1.35. The van der Waals surface area contributed by atoms with Crippen molar-refractivity contribution in [3.05, 3.63) is 86.2 Å². The van der Waals surface area contributed by atoms with Crippen LogP contribution in [0.4, 0.5) is 16.2 Å². The number of aryl methyl sites for hydroxylation is 1. The van der Waals surface area contributed by atoms with E-state index < -0.39 is 22.8 Å². The first kappa shape index (κ1) is 21.9. The number of non-ortho nitro benzene ring substituents is 1. The molecule has 1 saturated heterocycles. The molecule has 166 valence electrons. The lowest BCUT2D eigenvalue weighted by molar-refractivity contribution is -0.384. The molecule has 11 heteroatoms. The van der Waals surface area contributed by atoms with Crippen molar-refractivity contribution in [1.82, 2.24) is 15.1 Å². The van der Waals surface area contributed by atoms with E-state index in [4.69, 9.17) is 11.6 Å². The number of imide groups is 2. The quantitative estimate of drug-likeness (QED) is 0.271. The van der Waals surface area contributed by atoms with E-state index in [1.807, 2.05) is 0 Å². The first-order valence-electron chi connectivity index (χ1n) is 9.65. The minimum Gasteiger partial charge on any atom is -0.273 e. The van der Waals surface area contributed by atoms with Crippen molar-refractivity contribution in [2.45, 2.75) is 13.8 Å². The van der Waals surface area contributed by atoms with Crippen LogP contribution in [-0.2, 0) is 9.59 Å². The van der Waals surface area contributed by atoms with Crippen LogP contribution in [0.1, 0.15) is 17.0 Å². The molecule has 0 bridgehead atoms. The van der Waals surface area contributed by atoms with Crippen LogP contribution in [-0.4, -0.2) is 32.5 Å². The Morgan fingerprint density at radius 1 is 1.06 bits per heavy atom. The van der Waals surface area contributed by atoms with E-state index >= 15 is 0 Å². The molecule has 0 saturated carbocycles. The monoisotopic (exact) mass is 465 g/mol. The van der Waals surface area contributed by atoms with E-state index in [-0.39, 0.29) is 16.9 Å². The minimum atomic E-state index is -0.884. The zero-order valence-electron chi connectivity index (χ0n) is 17.4. The predicted molar refractivity (Wildman–Crippen MR) is 120 cm³/mol. The first-order chi connectivity index (χ1) is 15.7. The Balaban J connectivity index is 1.77. The topological polar surface area (TPSA) is 127 Å². The molecule has 2 heterocycles. The van der Waals surface area contributed by atoms with E-state index in [0.29, 0.717) is 27.7 Å². The van der Waals surface area contributed by atoms with Crippen LogP contribution < -0.4 is 10.2 Å². The van der Waals surface area contributed by atoms with Gasteiger partial charge in [0.25, 0.3) is 17.5 Å². The van der Waals surface area contributed by atoms with E-state index in [1.54, 1.807) is 32.0 Å². The highest BCUT2D eigenvalue weighted by atomic mass is 35.5. The lowest BCUT2D eigenvalue weighted by Gasteiger charge is -2.26. The second kappa shape index (κ2) is 8.32. The Kier molecular flexibility index (Phi) is 5.52. The van der Waals surface area contributed by atoms with Crippen molar-refractivity contribution < 1.29 is 19.3 Å². The van der Waals surface area contributed by atoms with Crippen LogP contribution in [0.25, 0.3) is 11.8 Å². The van der Waals surface area contributed by atoms with Gasteiger partial charge in [-0.25, -0.2) is 14.4 Å². The molecule has 1 N–H and O–H groups in total. The molecule has 0 radical (unpaired) electrons. The van der Waals surface area contributed by atoms with Gasteiger partial charge in [-0.1, -0.05) is 23.7 Å². The van der Waals surface area contributed by atoms with Crippen LogP contribution in [0, 0.1) is 24.0 Å². The van der Waals surface area contributed by atoms with Crippen molar-refractivity contribution in [3.63, 3.8) is 0 Å². The molecule has 4 amide bonds. The molecule has 1 aromatic heterocycles. The normalized spacial score (nSPS) is 15.2. The molecular formula is C22H16ClN5O5. The van der Waals surface area contributed by atoms with Gasteiger partial charge < -0.3 is 0 Å². The van der Waals surface area contributed by atoms with Crippen LogP contribution in [0.15, 0.2) is 54.1 Å². The maximum Gasteiger partial charge on any atom is 0.335 e. The van der Waals surface area contributed by atoms with Crippen LogP contribution >= 0.6 is 11.6 Å². The molecule has 2 aromatic carbocycles. The number of nitrogens with one attached hydrogen (secondary N) is 1. The summed E-state index contributed by atoms with van der Waals surface area (Å²) in [7, 11) is 0. The predicted octanol–water partition coefficient (Wildman–Crippen LogP) is 3.72. The van der Waals surface area contributed by atoms with Gasteiger partial charge in [-0.15, -0.1) is 0 Å². The summed E-state index contributed by atoms with van der Waals surface area (Å²) in [5.41, 5.74) is 1.80. The lowest BCUT2D eigenvalue weighted by atomic mass is 10.1. The molecule has 1 aliphatic rings. The molecule has 1 aliphatic heterocycles. The number of benzene rings is 2. The van der Waals surface area contributed by atoms with Crippen molar-refractivity contribution in [2.75, 3.05) is 4.90 Å². The zero-order valence-corrected chi connectivity index (χ0v) is 18.2. The molecule has 4 rings (SSSR count). The van der Waals surface area contributed by atoms with E-state index in [1.165, 1.54) is 41.1 Å². The van der Waals surface area contributed by atoms with Gasteiger partial charge in [0, 0.05) is 28.4 Å². The second-order valence-corrected chi connectivity index (χ2v) is 7.65. The molecule has 1 fully saturated rings. The number of carbonyl (C=O) groups is 3. The Bertz CT molecular complexity index is 1380. The smallest absolute Gasteiger partial charge is 0.273 e. The van der Waals surface area contributed by atoms with Gasteiger partial charge in [0.15, 0.2) is 0 Å². The van der Waals surface area contributed by atoms with Gasteiger partial charge in [0.2, 0.25) is 0 Å². The van der Waals surface area contributed by atoms with Crippen molar-refractivity contribution >= 4 is 46.9 Å². The molecular weight excluding hydrogens is 450 g/mol. The standard InChI is InChI=1S/C22H16ClN5O5/c1-12-18(13(2)27(25-12)16-7-4-8-17(10-16)28(32)33)11-19-20(29)24-22(31)26(21(19)30)15-6-3-5-14(23)9-15/h3-11H,1-2H3,(H,24,29,31)/b19-11-. The lowest BCUT2D eigenvalue weighted by Crippen LogP contribution is -2.54. The maximum atomic E-state index is 13.1. The number of barbiturate groups is 1. The number of halogens is 1. The number of nitro benzene ring substituents is 1. The number of carbonyl (C=O) groups excluding carboxylic acids is 3. The van der Waals surface area contributed by atoms with Crippen LogP contribution in [0.5, 0.6) is 0 Å². The average molecular weight is 466 g/mol. The minimum absolute atomic E-state index is 0.0996. The van der Waals surface area contributed by atoms with E-state index in [2.05, 4.69) is 10.4 Å². The maximum absolute atomic E-state index is 13.1. The fourth-order valence-electron chi connectivity index (χ4n) is 3.50. The number of amides is 4. The third kappa shape index (κ3) is 3.99. The molecule has 33 heavy (non-hydrogen) atoms. The van der Waals surface area contributed by atoms with Gasteiger partial charge in [-0.3, -0.25) is 25.0 Å². The highest BCUT2D eigenvalue weighted by Gasteiger charge is 2.37. The summed E-state index contributed by atoms with van der Waals surface area (Å²) in [6.45, 7) is 3.38. The van der Waals surface area contributed by atoms with Crippen LogP contribution in [0.2, 0.25) is 5.02 Å². The number of hydrogen-bond acceptors (Lipinski definition) is 6. The third-order valence-corrected chi connectivity index (χ3v) is 5.32. The Morgan fingerprint density at radius 3 is 2.45 bits per heavy atom. The molecule has 10 nitrogen and oxygen atoms in total. The van der Waals surface area contributed by atoms with Crippen molar-refractivity contribution in [1.29, 1.82) is 0 Å². The highest BCUT2D eigenvalue weighted by Crippen LogP contribution is 2.27. The summed E-state index contributed by atoms with van der Waals surface area (Å²) in [6, 6.07) is 11.2. The number of anilines is 1. The van der Waals surface area contributed by atoms with Gasteiger partial charge in [0.05, 0.1) is 22.0 Å². The first-order valence-corrected chi connectivity index (χ1v) is 10.0. The number of urea groups is 1. The average Bonchev–Trinajstić information content (AvgIpc) is 3.04. The summed E-state index contributed by atoms with van der Waals surface area (Å²) in [5.74, 6) is -1.65. The van der Waals surface area contributed by atoms with Crippen LogP contribution in [0.3, 0.4) is 0 Å². The van der Waals surface area contributed by atoms with Gasteiger partial charge in [-0.2, -0.15) is 5.10 Å². The van der Waals surface area contributed by atoms with E-state index in [9.17, 15) is 24.5 Å². The van der Waals surface area contributed by atoms with Gasteiger partial charge in [-0.05, 0) is 44.2 Å². The molecule has 0 aliphatic carbocycles. The van der Waals surface area contributed by atoms with Crippen molar-refractivity contribution in [2.24, 2.45) is 0 Å². The largest absolute Gasteiger partial charge is 0.335 e. The second-order valence-electron chi connectivity index (χ2n) is 7.21. The highest BCUT2D eigenvalue weighted by molar-refractivity contribution is 6.39. The molecule has 0 atom stereocenters. The fraction of sp³-hybridized carbons (Fsp3) is 0.0909. The molecule has 0 unspecified atom stereocenters. The summed E-state index contributed by atoms with van der Waals surface area (Å²) < 4.78 is 1.49. The third-order valence-electron chi connectivity index (χ3n) is 5.09. The Morgan fingerprint density at radius 2 is 1.76 bits per heavy atom.